The molecule has 102 valence electrons. The lowest BCUT2D eigenvalue weighted by Gasteiger charge is -2.46. The zero-order valence-corrected chi connectivity index (χ0v) is 12.4. The van der Waals surface area contributed by atoms with E-state index in [0.717, 1.165) is 19.0 Å². The van der Waals surface area contributed by atoms with E-state index in [4.69, 9.17) is 0 Å². The van der Waals surface area contributed by atoms with E-state index in [1.807, 2.05) is 0 Å². The van der Waals surface area contributed by atoms with E-state index in [1.165, 1.54) is 32.6 Å². The van der Waals surface area contributed by atoms with Crippen LogP contribution in [-0.4, -0.2) is 61.7 Å². The Morgan fingerprint density at radius 1 is 1.29 bits per heavy atom. The first-order valence-electron chi connectivity index (χ1n) is 7.10. The van der Waals surface area contributed by atoms with Crippen molar-refractivity contribution in [2.24, 2.45) is 5.92 Å². The van der Waals surface area contributed by atoms with Crippen LogP contribution in [0.3, 0.4) is 0 Å². The van der Waals surface area contributed by atoms with Gasteiger partial charge in [0.1, 0.15) is 0 Å². The molecule has 1 atom stereocenters. The monoisotopic (exact) mass is 241 g/mol. The van der Waals surface area contributed by atoms with E-state index >= 15 is 0 Å². The van der Waals surface area contributed by atoms with Gasteiger partial charge in [0.15, 0.2) is 0 Å². The Labute approximate surface area is 108 Å². The molecule has 1 unspecified atom stereocenters. The van der Waals surface area contributed by atoms with Gasteiger partial charge in [-0.15, -0.1) is 0 Å². The third kappa shape index (κ3) is 4.94. The highest BCUT2D eigenvalue weighted by atomic mass is 15.3. The summed E-state index contributed by atoms with van der Waals surface area (Å²) in [4.78, 5) is 5.10. The lowest BCUT2D eigenvalue weighted by atomic mass is 9.98. The van der Waals surface area contributed by atoms with Gasteiger partial charge in [0.2, 0.25) is 0 Å². The largest absolute Gasteiger partial charge is 0.316 e. The smallest absolute Gasteiger partial charge is 0.0277 e. The van der Waals surface area contributed by atoms with Crippen molar-refractivity contribution in [1.29, 1.82) is 0 Å². The number of piperazine rings is 1. The molecule has 0 amide bonds. The molecule has 17 heavy (non-hydrogen) atoms. The van der Waals surface area contributed by atoms with Crippen molar-refractivity contribution in [3.8, 4) is 0 Å². The molecule has 1 aliphatic rings. The molecule has 1 N–H and O–H groups in total. The van der Waals surface area contributed by atoms with E-state index in [2.05, 4.69) is 49.9 Å². The minimum Gasteiger partial charge on any atom is -0.316 e. The van der Waals surface area contributed by atoms with Crippen LogP contribution in [0.4, 0.5) is 0 Å². The van der Waals surface area contributed by atoms with Crippen LogP contribution in [0.5, 0.6) is 0 Å². The predicted octanol–water partition coefficient (Wildman–Crippen LogP) is 1.65. The highest BCUT2D eigenvalue weighted by Crippen LogP contribution is 2.19. The van der Waals surface area contributed by atoms with Crippen LogP contribution in [0.2, 0.25) is 0 Å². The maximum absolute atomic E-state index is 3.52. The Bertz CT molecular complexity index is 216. The Morgan fingerprint density at radius 3 is 2.59 bits per heavy atom. The number of nitrogens with one attached hydrogen (secondary N) is 1. The average molecular weight is 241 g/mol. The summed E-state index contributed by atoms with van der Waals surface area (Å²) in [6.07, 6.45) is 1.23. The SMILES string of the molecule is CCCNCC(C)CN1CCN(C)C(C)(C)C1. The van der Waals surface area contributed by atoms with Gasteiger partial charge in [-0.3, -0.25) is 9.80 Å². The van der Waals surface area contributed by atoms with Crippen molar-refractivity contribution in [2.45, 2.75) is 39.7 Å². The maximum Gasteiger partial charge on any atom is 0.0277 e. The van der Waals surface area contributed by atoms with Gasteiger partial charge in [-0.25, -0.2) is 0 Å². The van der Waals surface area contributed by atoms with Crippen molar-refractivity contribution in [1.82, 2.24) is 15.1 Å². The van der Waals surface area contributed by atoms with Crippen molar-refractivity contribution >= 4 is 0 Å². The number of hydrogen-bond donors (Lipinski definition) is 1. The molecular weight excluding hydrogens is 210 g/mol. The first kappa shape index (κ1) is 14.9. The topological polar surface area (TPSA) is 18.5 Å². The summed E-state index contributed by atoms with van der Waals surface area (Å²) in [5.74, 6) is 0.751. The summed E-state index contributed by atoms with van der Waals surface area (Å²) in [5.41, 5.74) is 0.328. The Kier molecular flexibility index (Phi) is 5.90. The molecule has 0 aromatic carbocycles. The highest BCUT2D eigenvalue weighted by molar-refractivity contribution is 4.88. The molecule has 3 nitrogen and oxygen atoms in total. The molecule has 0 aromatic rings. The van der Waals surface area contributed by atoms with Crippen LogP contribution in [0.25, 0.3) is 0 Å². The first-order chi connectivity index (χ1) is 7.95. The Balaban J connectivity index is 2.27. The first-order valence-corrected chi connectivity index (χ1v) is 7.10. The molecule has 0 aliphatic carbocycles. The molecule has 3 heteroatoms. The number of nitrogens with zero attached hydrogens (tertiary/aromatic N) is 2. The zero-order valence-electron chi connectivity index (χ0n) is 12.4. The van der Waals surface area contributed by atoms with Crippen molar-refractivity contribution in [2.75, 3.05) is 46.3 Å². The highest BCUT2D eigenvalue weighted by Gasteiger charge is 2.31. The molecule has 1 saturated heterocycles. The second-order valence-electron chi connectivity index (χ2n) is 6.28. The second kappa shape index (κ2) is 6.72. The molecule has 1 heterocycles. The van der Waals surface area contributed by atoms with Crippen molar-refractivity contribution < 1.29 is 0 Å². The fraction of sp³-hybridized carbons (Fsp3) is 1.00. The van der Waals surface area contributed by atoms with Crippen LogP contribution >= 0.6 is 0 Å². The third-order valence-corrected chi connectivity index (χ3v) is 3.88. The minimum absolute atomic E-state index is 0.328. The lowest BCUT2D eigenvalue weighted by molar-refractivity contribution is 0.0333. The average Bonchev–Trinajstić information content (AvgIpc) is 2.23. The summed E-state index contributed by atoms with van der Waals surface area (Å²) < 4.78 is 0. The number of likely N-dealkylation sites (N-methyl/N-ethyl adjacent to an activating group) is 1. The molecule has 0 spiro atoms. The summed E-state index contributed by atoms with van der Waals surface area (Å²) >= 11 is 0. The van der Waals surface area contributed by atoms with Gasteiger partial charge in [-0.1, -0.05) is 13.8 Å². The fourth-order valence-corrected chi connectivity index (χ4v) is 2.53. The molecular formula is C14H31N3. The van der Waals surface area contributed by atoms with Crippen LogP contribution in [0.15, 0.2) is 0 Å². The van der Waals surface area contributed by atoms with Gasteiger partial charge in [0.05, 0.1) is 0 Å². The maximum atomic E-state index is 3.52. The van der Waals surface area contributed by atoms with E-state index in [1.54, 1.807) is 0 Å². The summed E-state index contributed by atoms with van der Waals surface area (Å²) in [5, 5.41) is 3.52. The minimum atomic E-state index is 0.328. The Hall–Kier alpha value is -0.120. The molecule has 1 fully saturated rings. The Morgan fingerprint density at radius 2 is 2.00 bits per heavy atom. The number of hydrogen-bond acceptors (Lipinski definition) is 3. The van der Waals surface area contributed by atoms with Crippen LogP contribution in [0.1, 0.15) is 34.1 Å². The summed E-state index contributed by atoms with van der Waals surface area (Å²) in [6.45, 7) is 16.4. The quantitative estimate of drug-likeness (QED) is 0.713. The molecule has 0 aromatic heterocycles. The predicted molar refractivity (Wildman–Crippen MR) is 75.5 cm³/mol. The van der Waals surface area contributed by atoms with E-state index in [0.29, 0.717) is 5.54 Å². The standard InChI is InChI=1S/C14H31N3/c1-6-7-15-10-13(2)11-17-9-8-16(5)14(3,4)12-17/h13,15H,6-12H2,1-5H3. The van der Waals surface area contributed by atoms with Gasteiger partial charge in [0.25, 0.3) is 0 Å². The fourth-order valence-electron chi connectivity index (χ4n) is 2.53. The van der Waals surface area contributed by atoms with Crippen LogP contribution < -0.4 is 5.32 Å². The van der Waals surface area contributed by atoms with E-state index in [-0.39, 0.29) is 0 Å². The van der Waals surface area contributed by atoms with Crippen molar-refractivity contribution in [3.05, 3.63) is 0 Å². The zero-order chi connectivity index (χ0) is 12.9. The van der Waals surface area contributed by atoms with Crippen LogP contribution in [0, 0.1) is 5.92 Å². The van der Waals surface area contributed by atoms with Gasteiger partial charge in [-0.05, 0) is 46.3 Å². The molecule has 1 rings (SSSR count). The van der Waals surface area contributed by atoms with Gasteiger partial charge < -0.3 is 5.32 Å². The van der Waals surface area contributed by atoms with Gasteiger partial charge in [-0.2, -0.15) is 0 Å². The molecule has 1 aliphatic heterocycles. The van der Waals surface area contributed by atoms with Gasteiger partial charge >= 0.3 is 0 Å². The van der Waals surface area contributed by atoms with Crippen LogP contribution in [-0.2, 0) is 0 Å². The van der Waals surface area contributed by atoms with Gasteiger partial charge in [0, 0.05) is 31.7 Å². The normalized spacial score (nSPS) is 23.8. The summed E-state index contributed by atoms with van der Waals surface area (Å²) in [7, 11) is 2.24. The molecule has 0 radical (unpaired) electrons. The lowest BCUT2D eigenvalue weighted by Crippen LogP contribution is -2.58. The van der Waals surface area contributed by atoms with E-state index in [9.17, 15) is 0 Å². The van der Waals surface area contributed by atoms with Crippen molar-refractivity contribution in [3.63, 3.8) is 0 Å². The van der Waals surface area contributed by atoms with E-state index < -0.39 is 0 Å². The third-order valence-electron chi connectivity index (χ3n) is 3.88. The molecule has 0 bridgehead atoms. The molecule has 0 saturated carbocycles. The second-order valence-corrected chi connectivity index (χ2v) is 6.28. The summed E-state index contributed by atoms with van der Waals surface area (Å²) in [6, 6.07) is 0. The number of rotatable bonds is 6.